The lowest BCUT2D eigenvalue weighted by Gasteiger charge is -2.35. The highest BCUT2D eigenvalue weighted by Gasteiger charge is 2.37. The maximum atomic E-state index is 10.9. The van der Waals surface area contributed by atoms with Crippen LogP contribution in [0.3, 0.4) is 0 Å². The predicted octanol–water partition coefficient (Wildman–Crippen LogP) is 4.29. The molecule has 0 aromatic rings. The van der Waals surface area contributed by atoms with Crippen molar-refractivity contribution >= 4 is 0 Å². The Balaban J connectivity index is 1.98. The monoisotopic (exact) mass is 224 g/mol. The van der Waals surface area contributed by atoms with E-state index < -0.39 is 0 Å². The summed E-state index contributed by atoms with van der Waals surface area (Å²) in [4.78, 5) is 0. The molecule has 2 aliphatic carbocycles. The van der Waals surface area contributed by atoms with Gasteiger partial charge in [-0.1, -0.05) is 45.4 Å². The van der Waals surface area contributed by atoms with Crippen molar-refractivity contribution in [2.45, 2.75) is 83.2 Å². The Morgan fingerprint density at radius 3 is 2.19 bits per heavy atom. The van der Waals surface area contributed by atoms with E-state index in [1.165, 1.54) is 57.8 Å². The largest absolute Gasteiger partial charge is 0.390 e. The summed E-state index contributed by atoms with van der Waals surface area (Å²) in [5, 5.41) is 10.9. The normalized spacial score (nSPS) is 39.0. The molecule has 0 spiro atoms. The fraction of sp³-hybridized carbons (Fsp3) is 1.00. The first-order valence-corrected chi connectivity index (χ1v) is 7.43. The zero-order chi connectivity index (χ0) is 11.4. The molecule has 0 bridgehead atoms. The van der Waals surface area contributed by atoms with Crippen LogP contribution in [0, 0.1) is 11.8 Å². The second-order valence-electron chi connectivity index (χ2n) is 6.33. The molecule has 2 fully saturated rings. The van der Waals surface area contributed by atoms with Crippen molar-refractivity contribution in [3.05, 3.63) is 0 Å². The van der Waals surface area contributed by atoms with Gasteiger partial charge in [0.05, 0.1) is 5.60 Å². The van der Waals surface area contributed by atoms with E-state index in [0.29, 0.717) is 5.92 Å². The van der Waals surface area contributed by atoms with Gasteiger partial charge in [0.25, 0.3) is 0 Å². The Bertz CT molecular complexity index is 205. The summed E-state index contributed by atoms with van der Waals surface area (Å²) in [5.41, 5.74) is -0.297. The first kappa shape index (κ1) is 12.4. The third-order valence-corrected chi connectivity index (χ3v) is 4.99. The van der Waals surface area contributed by atoms with Gasteiger partial charge in [0.1, 0.15) is 0 Å². The van der Waals surface area contributed by atoms with Crippen molar-refractivity contribution in [1.82, 2.24) is 0 Å². The lowest BCUT2D eigenvalue weighted by atomic mass is 9.77. The quantitative estimate of drug-likeness (QED) is 0.659. The maximum Gasteiger partial charge on any atom is 0.0675 e. The van der Waals surface area contributed by atoms with Gasteiger partial charge in [-0.2, -0.15) is 0 Å². The first-order chi connectivity index (χ1) is 7.71. The van der Waals surface area contributed by atoms with Crippen LogP contribution in [-0.4, -0.2) is 10.7 Å². The molecule has 2 rings (SSSR count). The molecule has 0 heterocycles. The molecule has 0 saturated heterocycles. The summed E-state index contributed by atoms with van der Waals surface area (Å²) in [6.45, 7) is 2.35. The molecule has 2 unspecified atom stereocenters. The minimum atomic E-state index is -0.297. The van der Waals surface area contributed by atoms with Gasteiger partial charge in [0.2, 0.25) is 0 Å². The predicted molar refractivity (Wildman–Crippen MR) is 68.4 cm³/mol. The Morgan fingerprint density at radius 1 is 0.812 bits per heavy atom. The van der Waals surface area contributed by atoms with Crippen LogP contribution >= 0.6 is 0 Å². The number of hydrogen-bond acceptors (Lipinski definition) is 1. The van der Waals surface area contributed by atoms with Crippen LogP contribution < -0.4 is 0 Å². The van der Waals surface area contributed by atoms with Crippen molar-refractivity contribution in [3.63, 3.8) is 0 Å². The fourth-order valence-corrected chi connectivity index (χ4v) is 3.75. The lowest BCUT2D eigenvalue weighted by Crippen LogP contribution is -2.37. The molecule has 0 amide bonds. The molecule has 16 heavy (non-hydrogen) atoms. The van der Waals surface area contributed by atoms with E-state index in [1.54, 1.807) is 0 Å². The average Bonchev–Trinajstić information content (AvgIpc) is 2.62. The number of rotatable bonds is 1. The third kappa shape index (κ3) is 3.00. The SMILES string of the molecule is CC1CCCC(O)(C2CCCCCC2)CC1. The second-order valence-corrected chi connectivity index (χ2v) is 6.33. The summed E-state index contributed by atoms with van der Waals surface area (Å²) < 4.78 is 0. The highest BCUT2D eigenvalue weighted by Crippen LogP contribution is 2.41. The van der Waals surface area contributed by atoms with E-state index in [4.69, 9.17) is 0 Å². The molecule has 0 aliphatic heterocycles. The van der Waals surface area contributed by atoms with Crippen molar-refractivity contribution in [2.24, 2.45) is 11.8 Å². The Labute approximate surface area is 101 Å². The molecule has 0 aromatic carbocycles. The molecular formula is C15H28O. The summed E-state index contributed by atoms with van der Waals surface area (Å²) in [6.07, 6.45) is 14.0. The van der Waals surface area contributed by atoms with Crippen molar-refractivity contribution < 1.29 is 5.11 Å². The minimum Gasteiger partial charge on any atom is -0.390 e. The van der Waals surface area contributed by atoms with Gasteiger partial charge in [0, 0.05) is 0 Å². The fourth-order valence-electron chi connectivity index (χ4n) is 3.75. The van der Waals surface area contributed by atoms with E-state index in [9.17, 15) is 5.11 Å². The molecule has 1 nitrogen and oxygen atoms in total. The Kier molecular flexibility index (Phi) is 4.29. The molecule has 2 saturated carbocycles. The summed E-state index contributed by atoms with van der Waals surface area (Å²) in [5.74, 6) is 1.44. The average molecular weight is 224 g/mol. The van der Waals surface area contributed by atoms with Gasteiger partial charge in [-0.3, -0.25) is 0 Å². The van der Waals surface area contributed by atoms with E-state index >= 15 is 0 Å². The van der Waals surface area contributed by atoms with Gasteiger partial charge < -0.3 is 5.11 Å². The highest BCUT2D eigenvalue weighted by molar-refractivity contribution is 4.89. The van der Waals surface area contributed by atoms with Crippen molar-refractivity contribution in [2.75, 3.05) is 0 Å². The van der Waals surface area contributed by atoms with Crippen LogP contribution in [0.1, 0.15) is 77.6 Å². The molecule has 1 N–H and O–H groups in total. The zero-order valence-corrected chi connectivity index (χ0v) is 10.9. The van der Waals surface area contributed by atoms with Crippen LogP contribution in [0.25, 0.3) is 0 Å². The van der Waals surface area contributed by atoms with Crippen LogP contribution in [0.15, 0.2) is 0 Å². The third-order valence-electron chi connectivity index (χ3n) is 4.99. The zero-order valence-electron chi connectivity index (χ0n) is 10.9. The molecule has 94 valence electrons. The molecular weight excluding hydrogens is 196 g/mol. The standard InChI is InChI=1S/C15H28O/c1-13-7-6-11-15(16,12-10-13)14-8-4-2-3-5-9-14/h13-14,16H,2-12H2,1H3. The van der Waals surface area contributed by atoms with Crippen LogP contribution in [-0.2, 0) is 0 Å². The van der Waals surface area contributed by atoms with Gasteiger partial charge in [-0.05, 0) is 43.9 Å². The van der Waals surface area contributed by atoms with Gasteiger partial charge in [-0.15, -0.1) is 0 Å². The van der Waals surface area contributed by atoms with Gasteiger partial charge in [0.15, 0.2) is 0 Å². The van der Waals surface area contributed by atoms with E-state index in [2.05, 4.69) is 6.92 Å². The minimum absolute atomic E-state index is 0.297. The highest BCUT2D eigenvalue weighted by atomic mass is 16.3. The van der Waals surface area contributed by atoms with Crippen LogP contribution in [0.4, 0.5) is 0 Å². The summed E-state index contributed by atoms with van der Waals surface area (Å²) in [7, 11) is 0. The number of hydrogen-bond donors (Lipinski definition) is 1. The molecule has 0 radical (unpaired) electrons. The van der Waals surface area contributed by atoms with E-state index in [0.717, 1.165) is 18.8 Å². The number of aliphatic hydroxyl groups is 1. The van der Waals surface area contributed by atoms with Crippen molar-refractivity contribution in [1.29, 1.82) is 0 Å². The van der Waals surface area contributed by atoms with Crippen LogP contribution in [0.2, 0.25) is 0 Å². The van der Waals surface area contributed by atoms with Crippen LogP contribution in [0.5, 0.6) is 0 Å². The molecule has 1 heteroatoms. The molecule has 2 atom stereocenters. The van der Waals surface area contributed by atoms with E-state index in [1.807, 2.05) is 0 Å². The van der Waals surface area contributed by atoms with Gasteiger partial charge >= 0.3 is 0 Å². The summed E-state index contributed by atoms with van der Waals surface area (Å²) in [6, 6.07) is 0. The van der Waals surface area contributed by atoms with Gasteiger partial charge in [-0.25, -0.2) is 0 Å². The molecule has 0 aromatic heterocycles. The second kappa shape index (κ2) is 5.53. The topological polar surface area (TPSA) is 20.2 Å². The Morgan fingerprint density at radius 2 is 1.50 bits per heavy atom. The molecule has 2 aliphatic rings. The summed E-state index contributed by atoms with van der Waals surface area (Å²) >= 11 is 0. The van der Waals surface area contributed by atoms with Crippen molar-refractivity contribution in [3.8, 4) is 0 Å². The smallest absolute Gasteiger partial charge is 0.0675 e. The van der Waals surface area contributed by atoms with E-state index in [-0.39, 0.29) is 5.60 Å². The first-order valence-electron chi connectivity index (χ1n) is 7.43. The maximum absolute atomic E-state index is 10.9. The lowest BCUT2D eigenvalue weighted by molar-refractivity contribution is -0.0383. The Hall–Kier alpha value is -0.0400.